The van der Waals surface area contributed by atoms with Gasteiger partial charge < -0.3 is 16.4 Å². The summed E-state index contributed by atoms with van der Waals surface area (Å²) in [5.74, 6) is -0.607. The third-order valence-electron chi connectivity index (χ3n) is 1.40. The van der Waals surface area contributed by atoms with E-state index < -0.39 is 5.91 Å². The number of hydrogen-bond donors (Lipinski definition) is 2. The van der Waals surface area contributed by atoms with Crippen molar-refractivity contribution in [3.05, 3.63) is 0 Å². The molecule has 0 aliphatic rings. The summed E-state index contributed by atoms with van der Waals surface area (Å²) < 4.78 is 0. The minimum Gasteiger partial charge on any atom is -0.368 e. The molecule has 0 heterocycles. The summed E-state index contributed by atoms with van der Waals surface area (Å²) >= 11 is 0. The Kier molecular flexibility index (Phi) is 5.03. The Morgan fingerprint density at radius 2 is 2.00 bits per heavy atom. The van der Waals surface area contributed by atoms with Crippen LogP contribution in [0.5, 0.6) is 0 Å². The molecule has 0 bridgehead atoms. The molecule has 0 spiro atoms. The van der Waals surface area contributed by atoms with Crippen LogP contribution in [0.4, 0.5) is 0 Å². The number of amides is 2. The predicted octanol–water partition coefficient (Wildman–Crippen LogP) is -1.33. The van der Waals surface area contributed by atoms with Crippen LogP contribution in [-0.2, 0) is 9.59 Å². The molecule has 0 aromatic carbocycles. The topological polar surface area (TPSA) is 89.4 Å². The van der Waals surface area contributed by atoms with E-state index in [1.165, 1.54) is 4.90 Å². The molecule has 0 fully saturated rings. The number of primary amides is 1. The Hall–Kier alpha value is -1.10. The summed E-state index contributed by atoms with van der Waals surface area (Å²) in [5, 5.41) is 0. The summed E-state index contributed by atoms with van der Waals surface area (Å²) in [6, 6.07) is 0. The number of rotatable bonds is 5. The number of carbonyl (C=O) groups excluding carboxylic acids is 2. The number of nitrogens with two attached hydrogens (primary N) is 2. The van der Waals surface area contributed by atoms with Gasteiger partial charge in [0.2, 0.25) is 11.8 Å². The summed E-state index contributed by atoms with van der Waals surface area (Å²) in [6.07, 6.45) is 0.368. The molecule has 0 unspecified atom stereocenters. The molecule has 0 saturated carbocycles. The first-order valence-corrected chi connectivity index (χ1v) is 3.88. The van der Waals surface area contributed by atoms with Gasteiger partial charge in [0.05, 0.1) is 6.54 Å². The van der Waals surface area contributed by atoms with Crippen LogP contribution in [0.2, 0.25) is 0 Å². The van der Waals surface area contributed by atoms with Gasteiger partial charge in [0.15, 0.2) is 0 Å². The van der Waals surface area contributed by atoms with Gasteiger partial charge in [-0.05, 0) is 0 Å². The molecule has 70 valence electrons. The molecule has 0 radical (unpaired) electrons. The second-order valence-electron chi connectivity index (χ2n) is 2.42. The van der Waals surface area contributed by atoms with Crippen LogP contribution >= 0.6 is 0 Å². The molecule has 0 aliphatic carbocycles. The Balaban J connectivity index is 4.02. The van der Waals surface area contributed by atoms with Gasteiger partial charge >= 0.3 is 0 Å². The lowest BCUT2D eigenvalue weighted by atomic mass is 10.3. The molecular weight excluding hydrogens is 158 g/mol. The summed E-state index contributed by atoms with van der Waals surface area (Å²) in [5.41, 5.74) is 10.2. The van der Waals surface area contributed by atoms with E-state index in [-0.39, 0.29) is 12.5 Å². The normalized spacial score (nSPS) is 9.50. The first-order valence-electron chi connectivity index (χ1n) is 3.88. The third kappa shape index (κ3) is 3.92. The Labute approximate surface area is 71.7 Å². The van der Waals surface area contributed by atoms with Crippen LogP contribution in [-0.4, -0.2) is 36.3 Å². The molecular formula is C7H15N3O2. The standard InChI is InChI=1S/C7H15N3O2/c1-2-7(12)10(4-3-8)5-6(9)11/h2-5,8H2,1H3,(H2,9,11). The largest absolute Gasteiger partial charge is 0.368 e. The van der Waals surface area contributed by atoms with Gasteiger partial charge in [-0.2, -0.15) is 0 Å². The highest BCUT2D eigenvalue weighted by Crippen LogP contribution is 1.91. The van der Waals surface area contributed by atoms with Crippen molar-refractivity contribution in [2.24, 2.45) is 11.5 Å². The van der Waals surface area contributed by atoms with Crippen molar-refractivity contribution in [1.82, 2.24) is 4.90 Å². The van der Waals surface area contributed by atoms with E-state index in [2.05, 4.69) is 0 Å². The zero-order valence-electron chi connectivity index (χ0n) is 7.25. The van der Waals surface area contributed by atoms with E-state index in [0.29, 0.717) is 19.5 Å². The minimum atomic E-state index is -0.509. The summed E-state index contributed by atoms with van der Waals surface area (Å²) in [6.45, 7) is 2.42. The third-order valence-corrected chi connectivity index (χ3v) is 1.40. The van der Waals surface area contributed by atoms with Gasteiger partial charge in [0, 0.05) is 19.5 Å². The van der Waals surface area contributed by atoms with E-state index in [1.54, 1.807) is 6.92 Å². The van der Waals surface area contributed by atoms with Crippen LogP contribution in [0, 0.1) is 0 Å². The minimum absolute atomic E-state index is 0.0378. The van der Waals surface area contributed by atoms with E-state index in [1.807, 2.05) is 0 Å². The van der Waals surface area contributed by atoms with Crippen molar-refractivity contribution in [3.8, 4) is 0 Å². The van der Waals surface area contributed by atoms with Gasteiger partial charge in [-0.25, -0.2) is 0 Å². The lowest BCUT2D eigenvalue weighted by molar-refractivity contribution is -0.134. The van der Waals surface area contributed by atoms with Crippen molar-refractivity contribution < 1.29 is 9.59 Å². The molecule has 4 N–H and O–H groups in total. The molecule has 5 nitrogen and oxygen atoms in total. The highest BCUT2D eigenvalue weighted by Gasteiger charge is 2.11. The molecule has 12 heavy (non-hydrogen) atoms. The van der Waals surface area contributed by atoms with Gasteiger partial charge in [-0.1, -0.05) is 6.92 Å². The molecule has 0 rings (SSSR count). The smallest absolute Gasteiger partial charge is 0.237 e. The maximum atomic E-state index is 11.1. The molecule has 0 atom stereocenters. The van der Waals surface area contributed by atoms with Crippen LogP contribution in [0.15, 0.2) is 0 Å². The number of nitrogens with zero attached hydrogens (tertiary/aromatic N) is 1. The van der Waals surface area contributed by atoms with E-state index in [9.17, 15) is 9.59 Å². The van der Waals surface area contributed by atoms with Gasteiger partial charge in [0.1, 0.15) is 0 Å². The zero-order chi connectivity index (χ0) is 9.56. The Morgan fingerprint density at radius 1 is 1.42 bits per heavy atom. The monoisotopic (exact) mass is 173 g/mol. The highest BCUT2D eigenvalue weighted by atomic mass is 16.2. The molecule has 0 aliphatic heterocycles. The highest BCUT2D eigenvalue weighted by molar-refractivity contribution is 5.83. The van der Waals surface area contributed by atoms with Crippen molar-refractivity contribution >= 4 is 11.8 Å². The van der Waals surface area contributed by atoms with Crippen LogP contribution in [0.1, 0.15) is 13.3 Å². The Morgan fingerprint density at radius 3 is 2.33 bits per heavy atom. The maximum Gasteiger partial charge on any atom is 0.237 e. The zero-order valence-corrected chi connectivity index (χ0v) is 7.25. The average molecular weight is 173 g/mol. The van der Waals surface area contributed by atoms with Gasteiger partial charge in [-0.15, -0.1) is 0 Å². The van der Waals surface area contributed by atoms with Gasteiger partial charge in [0.25, 0.3) is 0 Å². The summed E-state index contributed by atoms with van der Waals surface area (Å²) in [7, 11) is 0. The fourth-order valence-corrected chi connectivity index (χ4v) is 0.859. The van der Waals surface area contributed by atoms with Crippen LogP contribution in [0.25, 0.3) is 0 Å². The lowest BCUT2D eigenvalue weighted by Crippen LogP contribution is -2.40. The van der Waals surface area contributed by atoms with Crippen molar-refractivity contribution in [2.75, 3.05) is 19.6 Å². The van der Waals surface area contributed by atoms with Crippen molar-refractivity contribution in [2.45, 2.75) is 13.3 Å². The van der Waals surface area contributed by atoms with E-state index in [0.717, 1.165) is 0 Å². The van der Waals surface area contributed by atoms with Crippen molar-refractivity contribution in [3.63, 3.8) is 0 Å². The van der Waals surface area contributed by atoms with Crippen LogP contribution in [0.3, 0.4) is 0 Å². The number of carbonyl (C=O) groups is 2. The molecule has 0 aromatic heterocycles. The Bertz CT molecular complexity index is 170. The lowest BCUT2D eigenvalue weighted by Gasteiger charge is -2.19. The molecule has 0 aromatic rings. The quantitative estimate of drug-likeness (QED) is 0.539. The first-order chi connectivity index (χ1) is 5.61. The molecule has 5 heteroatoms. The SMILES string of the molecule is CCC(=O)N(CCN)CC(N)=O. The molecule has 2 amide bonds. The number of hydrogen-bond acceptors (Lipinski definition) is 3. The fourth-order valence-electron chi connectivity index (χ4n) is 0.859. The molecule has 0 saturated heterocycles. The maximum absolute atomic E-state index is 11.1. The van der Waals surface area contributed by atoms with Crippen molar-refractivity contribution in [1.29, 1.82) is 0 Å². The van der Waals surface area contributed by atoms with E-state index >= 15 is 0 Å². The van der Waals surface area contributed by atoms with Gasteiger partial charge in [-0.3, -0.25) is 9.59 Å². The van der Waals surface area contributed by atoms with Crippen LogP contribution < -0.4 is 11.5 Å². The second kappa shape index (κ2) is 5.54. The fraction of sp³-hybridized carbons (Fsp3) is 0.714. The average Bonchev–Trinajstić information content (AvgIpc) is 2.01. The first kappa shape index (κ1) is 10.9. The second-order valence-corrected chi connectivity index (χ2v) is 2.42. The summed E-state index contributed by atoms with van der Waals surface area (Å²) in [4.78, 5) is 23.0. The van der Waals surface area contributed by atoms with E-state index in [4.69, 9.17) is 11.5 Å². The predicted molar refractivity (Wildman–Crippen MR) is 45.1 cm³/mol.